The first-order valence-corrected chi connectivity index (χ1v) is 10.0. The Labute approximate surface area is 173 Å². The fraction of sp³-hybridized carbons (Fsp3) is 0.444. The van der Waals surface area contributed by atoms with Crippen LogP contribution >= 0.6 is 24.4 Å². The number of aromatic amines is 2. The van der Waals surface area contributed by atoms with Crippen LogP contribution in [0.25, 0.3) is 0 Å². The Bertz CT molecular complexity index is 929. The van der Waals surface area contributed by atoms with Crippen LogP contribution in [-0.2, 0) is 4.79 Å². The Balaban J connectivity index is 1.70. The third-order valence-corrected chi connectivity index (χ3v) is 4.86. The minimum absolute atomic E-state index is 0.00116. The van der Waals surface area contributed by atoms with Gasteiger partial charge in [0.25, 0.3) is 5.91 Å². The van der Waals surface area contributed by atoms with Gasteiger partial charge in [-0.25, -0.2) is 0 Å². The topological polar surface area (TPSA) is 87.6 Å². The summed E-state index contributed by atoms with van der Waals surface area (Å²) in [5, 5.41) is 9.71. The Morgan fingerprint density at radius 2 is 1.86 bits per heavy atom. The molecule has 150 valence electrons. The van der Waals surface area contributed by atoms with Gasteiger partial charge in [-0.05, 0) is 74.4 Å². The maximum atomic E-state index is 12.3. The van der Waals surface area contributed by atoms with E-state index in [2.05, 4.69) is 15.3 Å². The molecule has 0 spiro atoms. The van der Waals surface area contributed by atoms with E-state index in [-0.39, 0.29) is 12.5 Å². The second-order valence-corrected chi connectivity index (χ2v) is 7.06. The van der Waals surface area contributed by atoms with E-state index in [9.17, 15) is 4.79 Å². The maximum absolute atomic E-state index is 12.3. The lowest BCUT2D eigenvalue weighted by Crippen LogP contribution is -2.38. The Hall–Kier alpha value is -2.46. The Kier molecular flexibility index (Phi) is 6.99. The van der Waals surface area contributed by atoms with Crippen molar-refractivity contribution in [1.82, 2.24) is 19.8 Å². The van der Waals surface area contributed by atoms with Crippen LogP contribution in [0.15, 0.2) is 23.3 Å². The van der Waals surface area contributed by atoms with Crippen molar-refractivity contribution >= 4 is 36.6 Å². The predicted octanol–water partition coefficient (Wildman–Crippen LogP) is 3.28. The molecular weight excluding hydrogens is 398 g/mol. The van der Waals surface area contributed by atoms with Crippen molar-refractivity contribution in [2.45, 2.75) is 26.2 Å². The number of amides is 1. The molecule has 0 unspecified atom stereocenters. The summed E-state index contributed by atoms with van der Waals surface area (Å²) in [4.78, 5) is 14.2. The summed E-state index contributed by atoms with van der Waals surface area (Å²) in [6.07, 6.45) is 4.91. The van der Waals surface area contributed by atoms with Crippen molar-refractivity contribution in [3.05, 3.63) is 33.3 Å². The van der Waals surface area contributed by atoms with E-state index < -0.39 is 0 Å². The lowest BCUT2D eigenvalue weighted by Gasteiger charge is -2.26. The minimum Gasteiger partial charge on any atom is -0.490 e. The third kappa shape index (κ3) is 5.08. The molecular formula is C18H23N5O3S2. The van der Waals surface area contributed by atoms with E-state index >= 15 is 0 Å². The highest BCUT2D eigenvalue weighted by Crippen LogP contribution is 2.28. The van der Waals surface area contributed by atoms with Crippen LogP contribution in [-0.4, -0.2) is 58.2 Å². The van der Waals surface area contributed by atoms with Gasteiger partial charge < -0.3 is 14.4 Å². The molecule has 2 heterocycles. The second-order valence-electron chi connectivity index (χ2n) is 6.29. The zero-order valence-corrected chi connectivity index (χ0v) is 17.3. The predicted molar refractivity (Wildman–Crippen MR) is 111 cm³/mol. The quantitative estimate of drug-likeness (QED) is 0.529. The molecule has 1 amide bonds. The first-order valence-electron chi connectivity index (χ1n) is 9.20. The zero-order chi connectivity index (χ0) is 19.9. The molecule has 1 aliphatic rings. The summed E-state index contributed by atoms with van der Waals surface area (Å²) >= 11 is 10.2. The highest BCUT2D eigenvalue weighted by Gasteiger charge is 2.17. The van der Waals surface area contributed by atoms with Crippen molar-refractivity contribution in [2.24, 2.45) is 5.10 Å². The summed E-state index contributed by atoms with van der Waals surface area (Å²) in [6.45, 7) is 3.98. The van der Waals surface area contributed by atoms with Gasteiger partial charge >= 0.3 is 0 Å². The molecule has 8 nitrogen and oxygen atoms in total. The van der Waals surface area contributed by atoms with Crippen molar-refractivity contribution in [3.8, 4) is 11.5 Å². The van der Waals surface area contributed by atoms with Crippen molar-refractivity contribution in [3.63, 3.8) is 0 Å². The molecule has 28 heavy (non-hydrogen) atoms. The zero-order valence-electron chi connectivity index (χ0n) is 15.6. The average Bonchev–Trinajstić information content (AvgIpc) is 3.04. The summed E-state index contributed by atoms with van der Waals surface area (Å²) in [5.74, 6) is 1.09. The van der Waals surface area contributed by atoms with Gasteiger partial charge in [0.2, 0.25) is 9.54 Å². The van der Waals surface area contributed by atoms with Crippen LogP contribution in [0, 0.1) is 9.54 Å². The largest absolute Gasteiger partial charge is 0.490 e. The van der Waals surface area contributed by atoms with E-state index in [0.717, 1.165) is 31.5 Å². The molecule has 0 bridgehead atoms. The van der Waals surface area contributed by atoms with Crippen LogP contribution in [0.4, 0.5) is 0 Å². The van der Waals surface area contributed by atoms with E-state index in [4.69, 9.17) is 33.9 Å². The van der Waals surface area contributed by atoms with E-state index in [1.165, 1.54) is 11.1 Å². The van der Waals surface area contributed by atoms with E-state index in [0.29, 0.717) is 27.6 Å². The van der Waals surface area contributed by atoms with Gasteiger partial charge in [0, 0.05) is 13.1 Å². The fourth-order valence-electron chi connectivity index (χ4n) is 2.90. The SMILES string of the molecule is CCOc1cc(/C=N\n2c(=S)[nH][nH]c2=S)ccc1OCC(=O)N1CCCCC1. The summed E-state index contributed by atoms with van der Waals surface area (Å²) in [5.41, 5.74) is 0.788. The first-order chi connectivity index (χ1) is 13.6. The van der Waals surface area contributed by atoms with Crippen LogP contribution in [0.5, 0.6) is 11.5 Å². The summed E-state index contributed by atoms with van der Waals surface area (Å²) in [6, 6.07) is 5.40. The molecule has 1 aromatic heterocycles. The van der Waals surface area contributed by atoms with Crippen molar-refractivity contribution < 1.29 is 14.3 Å². The standard InChI is InChI=1S/C18H23N5O3S2/c1-2-25-15-10-13(11-19-23-17(27)20-21-18(23)28)6-7-14(15)26-12-16(24)22-8-4-3-5-9-22/h6-7,10-11H,2-5,8-9,12H2,1H3,(H,20,27)(H,21,28)/b19-11-. The van der Waals surface area contributed by atoms with Crippen molar-refractivity contribution in [1.29, 1.82) is 0 Å². The highest BCUT2D eigenvalue weighted by molar-refractivity contribution is 7.72. The van der Waals surface area contributed by atoms with Gasteiger partial charge in [0.15, 0.2) is 18.1 Å². The Morgan fingerprint density at radius 3 is 2.54 bits per heavy atom. The van der Waals surface area contributed by atoms with Crippen LogP contribution in [0.2, 0.25) is 0 Å². The monoisotopic (exact) mass is 421 g/mol. The molecule has 1 aliphatic heterocycles. The smallest absolute Gasteiger partial charge is 0.260 e. The number of aromatic nitrogens is 3. The van der Waals surface area contributed by atoms with E-state index in [1.807, 2.05) is 17.9 Å². The van der Waals surface area contributed by atoms with E-state index in [1.54, 1.807) is 18.3 Å². The van der Waals surface area contributed by atoms with Crippen LogP contribution < -0.4 is 9.47 Å². The molecule has 1 saturated heterocycles. The number of piperidine rings is 1. The van der Waals surface area contributed by atoms with Crippen LogP contribution in [0.3, 0.4) is 0 Å². The van der Waals surface area contributed by atoms with Gasteiger partial charge in [-0.15, -0.1) is 0 Å². The molecule has 1 aromatic carbocycles. The number of carbonyl (C=O) groups excluding carboxylic acids is 1. The number of nitrogens with zero attached hydrogens (tertiary/aromatic N) is 3. The number of rotatable bonds is 7. The first kappa shape index (κ1) is 20.3. The molecule has 3 rings (SSSR count). The number of ether oxygens (including phenoxy) is 2. The maximum Gasteiger partial charge on any atom is 0.260 e. The van der Waals surface area contributed by atoms with Gasteiger partial charge in [-0.1, -0.05) is 0 Å². The van der Waals surface area contributed by atoms with Gasteiger partial charge in [-0.2, -0.15) is 9.78 Å². The van der Waals surface area contributed by atoms with Gasteiger partial charge in [0.1, 0.15) is 0 Å². The molecule has 2 aromatic rings. The fourth-order valence-corrected chi connectivity index (χ4v) is 3.34. The number of likely N-dealkylation sites (tertiary alicyclic amines) is 1. The third-order valence-electron chi connectivity index (χ3n) is 4.31. The molecule has 0 atom stereocenters. The number of hydrogen-bond acceptors (Lipinski definition) is 6. The normalized spacial score (nSPS) is 14.4. The molecule has 0 saturated carbocycles. The van der Waals surface area contributed by atoms with Gasteiger partial charge in [0.05, 0.1) is 12.8 Å². The van der Waals surface area contributed by atoms with Crippen molar-refractivity contribution in [2.75, 3.05) is 26.3 Å². The lowest BCUT2D eigenvalue weighted by atomic mass is 10.1. The minimum atomic E-state index is 0.00116. The molecule has 0 radical (unpaired) electrons. The van der Waals surface area contributed by atoms with Crippen LogP contribution in [0.1, 0.15) is 31.7 Å². The number of hydrogen-bond donors (Lipinski definition) is 2. The lowest BCUT2D eigenvalue weighted by molar-refractivity contribution is -0.134. The summed E-state index contributed by atoms with van der Waals surface area (Å²) < 4.78 is 13.6. The Morgan fingerprint density at radius 1 is 1.14 bits per heavy atom. The average molecular weight is 422 g/mol. The number of nitrogens with one attached hydrogen (secondary N) is 2. The summed E-state index contributed by atoms with van der Waals surface area (Å²) in [7, 11) is 0. The molecule has 2 N–H and O–H groups in total. The number of benzene rings is 1. The molecule has 10 heteroatoms. The second kappa shape index (κ2) is 9.65. The molecule has 1 fully saturated rings. The molecule has 0 aliphatic carbocycles. The van der Waals surface area contributed by atoms with Gasteiger partial charge in [-0.3, -0.25) is 15.0 Å². The number of carbonyl (C=O) groups is 1. The number of H-pyrrole nitrogens is 2. The highest BCUT2D eigenvalue weighted by atomic mass is 32.1.